The Labute approximate surface area is 131 Å². The standard InChI is InChI=1S/C13H14N2O.2ClH.Zr/c1-9-3-2-4-11(13(9)16)8-15-12-6-5-10(12)7-14;;;/h2-4,8,10,12,16H,5-6H2,1H3;2*1H;/q;;;+2/p-2. The molecule has 1 saturated carbocycles. The normalized spacial score (nSPS) is 20.9. The van der Waals surface area contributed by atoms with Crippen molar-refractivity contribution in [2.45, 2.75) is 25.8 Å². The van der Waals surface area contributed by atoms with Crippen LogP contribution in [-0.4, -0.2) is 17.4 Å². The van der Waals surface area contributed by atoms with Crippen LogP contribution in [-0.2, 0) is 20.8 Å². The average Bonchev–Trinajstić information content (AvgIpc) is 2.35. The van der Waals surface area contributed by atoms with Crippen molar-refractivity contribution >= 4 is 23.2 Å². The van der Waals surface area contributed by atoms with Crippen molar-refractivity contribution < 1.29 is 26.0 Å². The summed E-state index contributed by atoms with van der Waals surface area (Å²) in [5.74, 6) is 0.335. The van der Waals surface area contributed by atoms with Gasteiger partial charge in [0.25, 0.3) is 0 Å². The van der Waals surface area contributed by atoms with Crippen molar-refractivity contribution in [1.82, 2.24) is 0 Å². The van der Waals surface area contributed by atoms with E-state index in [1.807, 2.05) is 25.1 Å². The number of phenols is 1. The number of para-hydroxylation sites is 1. The van der Waals surface area contributed by atoms with E-state index in [0.717, 1.165) is 24.0 Å². The molecule has 0 amide bonds. The molecule has 1 aliphatic carbocycles. The van der Waals surface area contributed by atoms with Gasteiger partial charge in [-0.1, -0.05) is 12.1 Å². The van der Waals surface area contributed by atoms with Crippen molar-refractivity contribution in [3.05, 3.63) is 29.3 Å². The molecule has 0 radical (unpaired) electrons. The topological polar surface area (TPSA) is 56.4 Å². The van der Waals surface area contributed by atoms with Crippen molar-refractivity contribution in [2.24, 2.45) is 10.9 Å². The zero-order valence-corrected chi connectivity index (χ0v) is 14.4. The molecule has 2 rings (SSSR count). The van der Waals surface area contributed by atoms with Gasteiger partial charge in [0.05, 0.1) is 18.0 Å². The summed E-state index contributed by atoms with van der Waals surface area (Å²) in [6, 6.07) is 7.92. The van der Waals surface area contributed by atoms with Crippen LogP contribution >= 0.6 is 17.0 Å². The number of halogens is 2. The number of aromatic hydroxyl groups is 1. The molecular formula is C13H14Cl2N2OZr. The summed E-state index contributed by atoms with van der Waals surface area (Å²) in [4.78, 5) is 4.35. The van der Waals surface area contributed by atoms with Gasteiger partial charge in [0, 0.05) is 11.8 Å². The molecule has 0 aliphatic heterocycles. The number of hydrogen-bond donors (Lipinski definition) is 1. The first-order valence-corrected chi connectivity index (χ1v) is 12.1. The summed E-state index contributed by atoms with van der Waals surface area (Å²) in [5.41, 5.74) is 1.57. The number of hydrogen-bond acceptors (Lipinski definition) is 3. The van der Waals surface area contributed by atoms with E-state index in [-0.39, 0.29) is 17.7 Å². The Bertz CT molecular complexity index is 488. The Morgan fingerprint density at radius 3 is 2.68 bits per heavy atom. The molecule has 0 bridgehead atoms. The first kappa shape index (κ1) is 16.7. The van der Waals surface area contributed by atoms with Crippen LogP contribution in [0.1, 0.15) is 24.0 Å². The molecule has 0 heterocycles. The molecule has 6 heteroatoms. The maximum atomic E-state index is 9.77. The van der Waals surface area contributed by atoms with Crippen LogP contribution in [0.3, 0.4) is 0 Å². The van der Waals surface area contributed by atoms with E-state index in [4.69, 9.17) is 22.3 Å². The average molecular weight is 376 g/mol. The maximum absolute atomic E-state index is 9.77. The Balaban J connectivity index is 0.000000550. The van der Waals surface area contributed by atoms with Crippen molar-refractivity contribution in [3.63, 3.8) is 0 Å². The minimum absolute atomic E-state index is 0.0585. The minimum atomic E-state index is -0.826. The third kappa shape index (κ3) is 4.91. The molecule has 0 saturated heterocycles. The number of phenolic OH excluding ortho intramolecular Hbond substituents is 1. The third-order valence-electron chi connectivity index (χ3n) is 3.08. The summed E-state index contributed by atoms with van der Waals surface area (Å²) in [6.45, 7) is 1.86. The molecule has 2 unspecified atom stereocenters. The molecule has 19 heavy (non-hydrogen) atoms. The van der Waals surface area contributed by atoms with E-state index in [0.29, 0.717) is 0 Å². The van der Waals surface area contributed by atoms with Crippen LogP contribution in [0.25, 0.3) is 0 Å². The van der Waals surface area contributed by atoms with Gasteiger partial charge in [0.2, 0.25) is 0 Å². The molecular weight excluding hydrogens is 362 g/mol. The van der Waals surface area contributed by atoms with E-state index >= 15 is 0 Å². The Morgan fingerprint density at radius 1 is 1.47 bits per heavy atom. The van der Waals surface area contributed by atoms with Crippen LogP contribution in [0.15, 0.2) is 23.2 Å². The summed E-state index contributed by atoms with van der Waals surface area (Å²) < 4.78 is 0. The number of nitriles is 1. The van der Waals surface area contributed by atoms with Gasteiger partial charge in [-0.05, 0) is 31.4 Å². The number of nitrogens with zero attached hydrogens (tertiary/aromatic N) is 2. The third-order valence-corrected chi connectivity index (χ3v) is 3.08. The summed E-state index contributed by atoms with van der Waals surface area (Å²) in [5, 5.41) is 18.5. The van der Waals surface area contributed by atoms with E-state index < -0.39 is 20.8 Å². The molecule has 1 aromatic rings. The second kappa shape index (κ2) is 8.74. The second-order valence-corrected chi connectivity index (χ2v) is 7.97. The SMILES string of the molecule is Cc1cccc(C=NC2CCC2C#N)c1O.[Cl][Zr][Cl]. The van der Waals surface area contributed by atoms with Gasteiger partial charge in [-0.3, -0.25) is 4.99 Å². The monoisotopic (exact) mass is 374 g/mol. The number of rotatable bonds is 2. The fourth-order valence-electron chi connectivity index (χ4n) is 1.77. The zero-order chi connectivity index (χ0) is 14.3. The van der Waals surface area contributed by atoms with Gasteiger partial charge < -0.3 is 5.11 Å². The van der Waals surface area contributed by atoms with E-state index in [9.17, 15) is 5.11 Å². The Morgan fingerprint density at radius 2 is 2.16 bits per heavy atom. The van der Waals surface area contributed by atoms with Crippen LogP contribution in [0.2, 0.25) is 0 Å². The fraction of sp³-hybridized carbons (Fsp3) is 0.385. The Kier molecular flexibility index (Phi) is 7.68. The van der Waals surface area contributed by atoms with Gasteiger partial charge in [-0.15, -0.1) is 0 Å². The van der Waals surface area contributed by atoms with Crippen molar-refractivity contribution in [1.29, 1.82) is 5.26 Å². The number of aryl methyl sites for hydroxylation is 1. The molecule has 1 aromatic carbocycles. The molecule has 0 aromatic heterocycles. The zero-order valence-electron chi connectivity index (χ0n) is 10.5. The fourth-order valence-corrected chi connectivity index (χ4v) is 1.77. The van der Waals surface area contributed by atoms with Crippen LogP contribution < -0.4 is 0 Å². The molecule has 3 nitrogen and oxygen atoms in total. The van der Waals surface area contributed by atoms with E-state index in [1.165, 1.54) is 0 Å². The quantitative estimate of drug-likeness (QED) is 0.799. The second-order valence-electron chi connectivity index (χ2n) is 4.24. The predicted octanol–water partition coefficient (Wildman–Crippen LogP) is 3.80. The van der Waals surface area contributed by atoms with Crippen molar-refractivity contribution in [3.8, 4) is 11.8 Å². The van der Waals surface area contributed by atoms with Crippen LogP contribution in [0, 0.1) is 24.2 Å². The van der Waals surface area contributed by atoms with Gasteiger partial charge >= 0.3 is 37.9 Å². The van der Waals surface area contributed by atoms with Crippen molar-refractivity contribution in [2.75, 3.05) is 0 Å². The first-order valence-electron chi connectivity index (χ1n) is 5.81. The first-order chi connectivity index (χ1) is 9.13. The number of aliphatic imine (C=N–C) groups is 1. The molecule has 100 valence electrons. The van der Waals surface area contributed by atoms with E-state index in [1.54, 1.807) is 6.21 Å². The van der Waals surface area contributed by atoms with Gasteiger partial charge in [-0.25, -0.2) is 0 Å². The molecule has 2 atom stereocenters. The van der Waals surface area contributed by atoms with Crippen LogP contribution in [0.4, 0.5) is 0 Å². The summed E-state index contributed by atoms with van der Waals surface area (Å²) in [6.07, 6.45) is 3.59. The van der Waals surface area contributed by atoms with Gasteiger partial charge in [-0.2, -0.15) is 5.26 Å². The Hall–Kier alpha value is -0.357. The number of benzene rings is 1. The predicted molar refractivity (Wildman–Crippen MR) is 74.3 cm³/mol. The molecule has 1 N–H and O–H groups in total. The molecule has 0 spiro atoms. The van der Waals surface area contributed by atoms with Gasteiger partial charge in [0.15, 0.2) is 0 Å². The molecule has 1 fully saturated rings. The summed E-state index contributed by atoms with van der Waals surface area (Å²) in [7, 11) is 9.87. The van der Waals surface area contributed by atoms with Crippen LogP contribution in [0.5, 0.6) is 5.75 Å². The van der Waals surface area contributed by atoms with Gasteiger partial charge in [0.1, 0.15) is 5.75 Å². The molecule has 1 aliphatic rings. The summed E-state index contributed by atoms with van der Waals surface area (Å²) >= 11 is -0.826. The van der Waals surface area contributed by atoms with E-state index in [2.05, 4.69) is 11.1 Å².